The van der Waals surface area contributed by atoms with E-state index in [1.54, 1.807) is 18.2 Å². The molecule has 0 heterocycles. The van der Waals surface area contributed by atoms with Gasteiger partial charge in [-0.25, -0.2) is 0 Å². The van der Waals surface area contributed by atoms with Crippen molar-refractivity contribution in [3.8, 4) is 11.8 Å². The van der Waals surface area contributed by atoms with Gasteiger partial charge >= 0.3 is 0 Å². The summed E-state index contributed by atoms with van der Waals surface area (Å²) in [5, 5.41) is 12.2. The van der Waals surface area contributed by atoms with Crippen LogP contribution in [-0.4, -0.2) is 24.2 Å². The van der Waals surface area contributed by atoms with E-state index in [0.29, 0.717) is 30.0 Å². The van der Waals surface area contributed by atoms with Crippen molar-refractivity contribution >= 4 is 11.6 Å². The van der Waals surface area contributed by atoms with Crippen molar-refractivity contribution in [3.05, 3.63) is 23.8 Å². The maximum Gasteiger partial charge on any atom is 0.256 e. The lowest BCUT2D eigenvalue weighted by Gasteiger charge is -2.29. The summed E-state index contributed by atoms with van der Waals surface area (Å²) in [4.78, 5) is 12.8. The molecule has 1 rings (SSSR count). The Balaban J connectivity index is 2.97. The number of anilines is 1. The molecule has 0 saturated carbocycles. The number of rotatable bonds is 10. The van der Waals surface area contributed by atoms with E-state index < -0.39 is 5.60 Å². The van der Waals surface area contributed by atoms with Crippen LogP contribution in [0.4, 0.5) is 5.69 Å². The number of hydrogen-bond acceptors (Lipinski definition) is 4. The Kier molecular flexibility index (Phi) is 8.44. The molecule has 5 heteroatoms. The van der Waals surface area contributed by atoms with Crippen molar-refractivity contribution < 1.29 is 14.3 Å². The zero-order valence-corrected chi connectivity index (χ0v) is 16.0. The van der Waals surface area contributed by atoms with Gasteiger partial charge in [-0.15, -0.1) is 0 Å². The van der Waals surface area contributed by atoms with E-state index in [1.807, 2.05) is 27.7 Å². The number of nitriles is 1. The summed E-state index contributed by atoms with van der Waals surface area (Å²) >= 11 is 0. The number of nitrogens with zero attached hydrogens (tertiary/aromatic N) is 1. The van der Waals surface area contributed by atoms with Gasteiger partial charge in [0.05, 0.1) is 17.4 Å². The standard InChI is InChI=1S/C20H30N2O3/c1-6-8-11-20(5,24-12-7-2)19(23)22-18-10-9-17(25-15(3)4)13-16(18)14-21/h9-10,13,15H,6-8,11-12H2,1-5H3,(H,22,23)/t20-/m0/s1. The van der Waals surface area contributed by atoms with Gasteiger partial charge in [0.2, 0.25) is 0 Å². The molecule has 0 aliphatic heterocycles. The van der Waals surface area contributed by atoms with Crippen LogP contribution in [0.5, 0.6) is 5.75 Å². The van der Waals surface area contributed by atoms with Crippen molar-refractivity contribution in [2.75, 3.05) is 11.9 Å². The predicted molar refractivity (Wildman–Crippen MR) is 99.7 cm³/mol. The van der Waals surface area contributed by atoms with Crippen LogP contribution in [0.15, 0.2) is 18.2 Å². The maximum absolute atomic E-state index is 12.8. The fourth-order valence-electron chi connectivity index (χ4n) is 2.42. The molecule has 0 aromatic heterocycles. The minimum atomic E-state index is -0.897. The first-order valence-corrected chi connectivity index (χ1v) is 9.02. The first kappa shape index (κ1) is 21.0. The fourth-order valence-corrected chi connectivity index (χ4v) is 2.42. The maximum atomic E-state index is 12.8. The SMILES string of the molecule is CCCC[C@](C)(OCCC)C(=O)Nc1ccc(OC(C)C)cc1C#N. The van der Waals surface area contributed by atoms with Gasteiger partial charge in [0.25, 0.3) is 5.91 Å². The number of ether oxygens (including phenoxy) is 2. The summed E-state index contributed by atoms with van der Waals surface area (Å²) in [6, 6.07) is 7.22. The third-order valence-electron chi connectivity index (χ3n) is 3.84. The number of carbonyl (C=O) groups excluding carboxylic acids is 1. The highest BCUT2D eigenvalue weighted by Gasteiger charge is 2.33. The van der Waals surface area contributed by atoms with Crippen LogP contribution < -0.4 is 10.1 Å². The second-order valence-corrected chi connectivity index (χ2v) is 6.62. The summed E-state index contributed by atoms with van der Waals surface area (Å²) in [5.41, 5.74) is -0.0440. The highest BCUT2D eigenvalue weighted by atomic mass is 16.5. The molecule has 0 unspecified atom stereocenters. The van der Waals surface area contributed by atoms with Crippen molar-refractivity contribution in [1.29, 1.82) is 5.26 Å². The number of benzene rings is 1. The Morgan fingerprint density at radius 2 is 2.04 bits per heavy atom. The van der Waals surface area contributed by atoms with Crippen LogP contribution in [-0.2, 0) is 9.53 Å². The summed E-state index contributed by atoms with van der Waals surface area (Å²) in [5.74, 6) is 0.393. The van der Waals surface area contributed by atoms with Gasteiger partial charge < -0.3 is 14.8 Å². The topological polar surface area (TPSA) is 71.3 Å². The molecular formula is C20H30N2O3. The van der Waals surface area contributed by atoms with Gasteiger partial charge in [-0.3, -0.25) is 4.79 Å². The molecule has 0 radical (unpaired) electrons. The molecule has 0 aliphatic carbocycles. The Morgan fingerprint density at radius 3 is 2.60 bits per heavy atom. The predicted octanol–water partition coefficient (Wildman–Crippen LogP) is 4.66. The van der Waals surface area contributed by atoms with E-state index in [-0.39, 0.29) is 12.0 Å². The lowest BCUT2D eigenvalue weighted by atomic mass is 9.97. The first-order valence-electron chi connectivity index (χ1n) is 9.02. The highest BCUT2D eigenvalue weighted by Crippen LogP contribution is 2.26. The number of carbonyl (C=O) groups is 1. The van der Waals surface area contributed by atoms with Crippen molar-refractivity contribution in [1.82, 2.24) is 0 Å². The van der Waals surface area contributed by atoms with Crippen LogP contribution in [0.3, 0.4) is 0 Å². The second kappa shape index (κ2) is 10.0. The molecule has 0 fully saturated rings. The minimum absolute atomic E-state index is 0.0202. The van der Waals surface area contributed by atoms with E-state index in [0.717, 1.165) is 19.3 Å². The zero-order valence-electron chi connectivity index (χ0n) is 16.0. The number of nitrogens with one attached hydrogen (secondary N) is 1. The van der Waals surface area contributed by atoms with Crippen molar-refractivity contribution in [2.45, 2.75) is 72.0 Å². The monoisotopic (exact) mass is 346 g/mol. The number of amides is 1. The van der Waals surface area contributed by atoms with E-state index in [1.165, 1.54) is 0 Å². The normalized spacial score (nSPS) is 13.2. The average Bonchev–Trinajstić information content (AvgIpc) is 2.58. The Hall–Kier alpha value is -2.06. The van der Waals surface area contributed by atoms with Gasteiger partial charge in [0, 0.05) is 12.7 Å². The largest absolute Gasteiger partial charge is 0.491 e. The highest BCUT2D eigenvalue weighted by molar-refractivity contribution is 5.98. The summed E-state index contributed by atoms with van der Waals surface area (Å²) in [6.07, 6.45) is 3.40. The second-order valence-electron chi connectivity index (χ2n) is 6.62. The van der Waals surface area contributed by atoms with Crippen LogP contribution >= 0.6 is 0 Å². The molecule has 1 aromatic carbocycles. The lowest BCUT2D eigenvalue weighted by Crippen LogP contribution is -2.43. The molecule has 138 valence electrons. The van der Waals surface area contributed by atoms with Crippen molar-refractivity contribution in [3.63, 3.8) is 0 Å². The van der Waals surface area contributed by atoms with Crippen LogP contribution in [0.25, 0.3) is 0 Å². The van der Waals surface area contributed by atoms with E-state index in [9.17, 15) is 10.1 Å². The average molecular weight is 346 g/mol. The molecule has 0 saturated heterocycles. The first-order chi connectivity index (χ1) is 11.9. The smallest absolute Gasteiger partial charge is 0.256 e. The van der Waals surface area contributed by atoms with E-state index in [2.05, 4.69) is 18.3 Å². The van der Waals surface area contributed by atoms with Crippen LogP contribution in [0.1, 0.15) is 65.9 Å². The molecule has 0 spiro atoms. The zero-order chi connectivity index (χ0) is 18.9. The quantitative estimate of drug-likeness (QED) is 0.669. The van der Waals surface area contributed by atoms with Gasteiger partial charge in [-0.2, -0.15) is 5.26 Å². The molecule has 0 aliphatic rings. The molecule has 5 nitrogen and oxygen atoms in total. The molecule has 0 bridgehead atoms. The molecular weight excluding hydrogens is 316 g/mol. The Bertz CT molecular complexity index is 597. The molecule has 1 atom stereocenters. The van der Waals surface area contributed by atoms with Gasteiger partial charge in [0.15, 0.2) is 0 Å². The molecule has 1 aromatic rings. The lowest BCUT2D eigenvalue weighted by molar-refractivity contribution is -0.140. The van der Waals surface area contributed by atoms with Gasteiger partial charge in [-0.1, -0.05) is 26.7 Å². The minimum Gasteiger partial charge on any atom is -0.491 e. The summed E-state index contributed by atoms with van der Waals surface area (Å²) < 4.78 is 11.4. The van der Waals surface area contributed by atoms with E-state index in [4.69, 9.17) is 9.47 Å². The summed E-state index contributed by atoms with van der Waals surface area (Å²) in [6.45, 7) is 10.3. The number of unbranched alkanes of at least 4 members (excludes halogenated alkanes) is 1. The third-order valence-corrected chi connectivity index (χ3v) is 3.84. The fraction of sp³-hybridized carbons (Fsp3) is 0.600. The third kappa shape index (κ3) is 6.39. The molecule has 1 N–H and O–H groups in total. The van der Waals surface area contributed by atoms with E-state index >= 15 is 0 Å². The Morgan fingerprint density at radius 1 is 1.32 bits per heavy atom. The Labute approximate surface area is 151 Å². The van der Waals surface area contributed by atoms with Crippen LogP contribution in [0.2, 0.25) is 0 Å². The molecule has 25 heavy (non-hydrogen) atoms. The van der Waals surface area contributed by atoms with Crippen molar-refractivity contribution in [2.24, 2.45) is 0 Å². The number of hydrogen-bond donors (Lipinski definition) is 1. The summed E-state index contributed by atoms with van der Waals surface area (Å²) in [7, 11) is 0. The molecule has 1 amide bonds. The van der Waals surface area contributed by atoms with Gasteiger partial charge in [-0.05, 0) is 45.7 Å². The van der Waals surface area contributed by atoms with Gasteiger partial charge in [0.1, 0.15) is 17.4 Å². The van der Waals surface area contributed by atoms with Crippen LogP contribution in [0, 0.1) is 11.3 Å².